The monoisotopic (exact) mass is 292 g/mol. The van der Waals surface area contributed by atoms with Crippen molar-refractivity contribution in [2.75, 3.05) is 12.5 Å². The van der Waals surface area contributed by atoms with Crippen molar-refractivity contribution < 1.29 is 9.53 Å². The number of anilines is 1. The first-order valence-corrected chi connectivity index (χ1v) is 6.21. The van der Waals surface area contributed by atoms with Crippen molar-refractivity contribution in [3.63, 3.8) is 0 Å². The molecule has 10 heteroatoms. The summed E-state index contributed by atoms with van der Waals surface area (Å²) < 4.78 is 6.75. The predicted molar refractivity (Wildman–Crippen MR) is 73.9 cm³/mol. The van der Waals surface area contributed by atoms with Gasteiger partial charge in [-0.15, -0.1) is 0 Å². The predicted octanol–water partition coefficient (Wildman–Crippen LogP) is -0.510. The van der Waals surface area contributed by atoms with E-state index in [1.807, 2.05) is 13.8 Å². The van der Waals surface area contributed by atoms with Crippen molar-refractivity contribution >= 4 is 11.9 Å². The minimum absolute atomic E-state index is 0.107. The van der Waals surface area contributed by atoms with E-state index >= 15 is 0 Å². The number of amides is 1. The van der Waals surface area contributed by atoms with Crippen molar-refractivity contribution in [3.05, 3.63) is 18.0 Å². The van der Waals surface area contributed by atoms with Gasteiger partial charge in [-0.3, -0.25) is 10.2 Å². The summed E-state index contributed by atoms with van der Waals surface area (Å²) in [6, 6.07) is 1.65. The molecular weight excluding hydrogens is 276 g/mol. The van der Waals surface area contributed by atoms with Crippen LogP contribution in [0.5, 0.6) is 6.01 Å². The molecule has 1 amide bonds. The number of nitrogens with one attached hydrogen (secondary N) is 2. The maximum absolute atomic E-state index is 11.5. The van der Waals surface area contributed by atoms with Crippen LogP contribution in [0.1, 0.15) is 24.3 Å². The molecular formula is C11H16N8O2. The quantitative estimate of drug-likeness (QED) is 0.495. The zero-order valence-corrected chi connectivity index (χ0v) is 11.9. The zero-order chi connectivity index (χ0) is 15.4. The van der Waals surface area contributed by atoms with Crippen LogP contribution in [-0.4, -0.2) is 43.8 Å². The molecule has 10 nitrogen and oxygen atoms in total. The summed E-state index contributed by atoms with van der Waals surface area (Å²) in [5, 5.41) is 6.56. The lowest BCUT2D eigenvalue weighted by Crippen LogP contribution is -2.19. The summed E-state index contributed by atoms with van der Waals surface area (Å²) >= 11 is 0. The van der Waals surface area contributed by atoms with Crippen molar-refractivity contribution in [1.29, 1.82) is 0 Å². The number of carbonyl (C=O) groups is 1. The molecule has 0 saturated heterocycles. The van der Waals surface area contributed by atoms with Crippen molar-refractivity contribution in [2.45, 2.75) is 20.0 Å². The van der Waals surface area contributed by atoms with Gasteiger partial charge < -0.3 is 10.1 Å². The molecule has 2 aromatic heterocycles. The van der Waals surface area contributed by atoms with Crippen LogP contribution in [0.2, 0.25) is 0 Å². The first kappa shape index (κ1) is 14.7. The van der Waals surface area contributed by atoms with Gasteiger partial charge in [0.2, 0.25) is 5.95 Å². The normalized spacial score (nSPS) is 10.5. The summed E-state index contributed by atoms with van der Waals surface area (Å²) in [6.45, 7) is 3.69. The molecule has 0 radical (unpaired) electrons. The number of nitrogens with two attached hydrogens (primary N) is 1. The van der Waals surface area contributed by atoms with E-state index in [4.69, 9.17) is 10.6 Å². The largest absolute Gasteiger partial charge is 0.461 e. The molecule has 0 aliphatic heterocycles. The van der Waals surface area contributed by atoms with Gasteiger partial charge in [-0.25, -0.2) is 10.5 Å². The smallest absolute Gasteiger partial charge is 0.323 e. The van der Waals surface area contributed by atoms with E-state index in [-0.39, 0.29) is 35.6 Å². The fourth-order valence-electron chi connectivity index (χ4n) is 1.46. The van der Waals surface area contributed by atoms with Crippen molar-refractivity contribution in [2.24, 2.45) is 5.84 Å². The van der Waals surface area contributed by atoms with Crippen LogP contribution >= 0.6 is 0 Å². The average molecular weight is 292 g/mol. The number of rotatable bonds is 5. The Morgan fingerprint density at radius 3 is 2.76 bits per heavy atom. The molecule has 0 aliphatic rings. The highest BCUT2D eigenvalue weighted by Gasteiger charge is 2.13. The Kier molecular flexibility index (Phi) is 4.28. The third kappa shape index (κ3) is 3.42. The van der Waals surface area contributed by atoms with E-state index < -0.39 is 0 Å². The van der Waals surface area contributed by atoms with Crippen LogP contribution in [0.3, 0.4) is 0 Å². The Bertz CT molecular complexity index is 639. The number of carbonyl (C=O) groups excluding carboxylic acids is 1. The fourth-order valence-corrected chi connectivity index (χ4v) is 1.46. The summed E-state index contributed by atoms with van der Waals surface area (Å²) in [7, 11) is 1.52. The van der Waals surface area contributed by atoms with E-state index in [1.54, 1.807) is 12.3 Å². The van der Waals surface area contributed by atoms with E-state index in [0.717, 1.165) is 0 Å². The van der Waals surface area contributed by atoms with E-state index in [2.05, 4.69) is 30.8 Å². The van der Waals surface area contributed by atoms with Crippen LogP contribution in [0.25, 0.3) is 5.95 Å². The van der Waals surface area contributed by atoms with Gasteiger partial charge in [0.05, 0.1) is 6.10 Å². The van der Waals surface area contributed by atoms with E-state index in [1.165, 1.54) is 11.7 Å². The minimum atomic E-state index is -0.307. The van der Waals surface area contributed by atoms with Crippen molar-refractivity contribution in [1.82, 2.24) is 30.0 Å². The Labute approximate surface area is 120 Å². The minimum Gasteiger partial charge on any atom is -0.461 e. The van der Waals surface area contributed by atoms with Gasteiger partial charge in [-0.05, 0) is 19.9 Å². The van der Waals surface area contributed by atoms with Gasteiger partial charge in [-0.1, -0.05) is 0 Å². The highest BCUT2D eigenvalue weighted by atomic mass is 16.5. The molecule has 0 saturated carbocycles. The zero-order valence-electron chi connectivity index (χ0n) is 11.9. The van der Waals surface area contributed by atoms with Crippen LogP contribution in [0.4, 0.5) is 5.95 Å². The third-order valence-electron chi connectivity index (χ3n) is 2.33. The molecule has 0 unspecified atom stereocenters. The fraction of sp³-hybridized carbons (Fsp3) is 0.364. The summed E-state index contributed by atoms with van der Waals surface area (Å²) in [4.78, 5) is 23.6. The summed E-state index contributed by atoms with van der Waals surface area (Å²) in [5.74, 6) is 5.33. The molecule has 0 bridgehead atoms. The molecule has 112 valence electrons. The topological polar surface area (TPSA) is 133 Å². The molecule has 2 rings (SSSR count). The molecule has 2 heterocycles. The summed E-state index contributed by atoms with van der Waals surface area (Å²) in [6.07, 6.45) is 1.45. The highest BCUT2D eigenvalue weighted by Crippen LogP contribution is 2.11. The molecule has 0 atom stereocenters. The Balaban J connectivity index is 2.38. The molecule has 0 fully saturated rings. The Hall–Kier alpha value is -2.75. The summed E-state index contributed by atoms with van der Waals surface area (Å²) in [5.41, 5.74) is 2.57. The highest BCUT2D eigenvalue weighted by molar-refractivity contribution is 5.91. The number of aromatic nitrogens is 5. The lowest BCUT2D eigenvalue weighted by molar-refractivity contribution is 0.0957. The lowest BCUT2D eigenvalue weighted by Gasteiger charge is -2.09. The number of nitrogen functional groups attached to an aromatic ring is 1. The maximum Gasteiger partial charge on any atom is 0.323 e. The van der Waals surface area contributed by atoms with Crippen LogP contribution in [0.15, 0.2) is 12.3 Å². The lowest BCUT2D eigenvalue weighted by atomic mass is 10.4. The average Bonchev–Trinajstić information content (AvgIpc) is 2.95. The van der Waals surface area contributed by atoms with E-state index in [0.29, 0.717) is 0 Å². The molecule has 0 aromatic carbocycles. The number of hydrogen-bond donors (Lipinski definition) is 3. The van der Waals surface area contributed by atoms with Gasteiger partial charge in [0, 0.05) is 13.2 Å². The molecule has 21 heavy (non-hydrogen) atoms. The van der Waals surface area contributed by atoms with Gasteiger partial charge in [0.25, 0.3) is 11.9 Å². The first-order chi connectivity index (χ1) is 10.0. The molecule has 4 N–H and O–H groups in total. The van der Waals surface area contributed by atoms with Gasteiger partial charge in [0.1, 0.15) is 0 Å². The second kappa shape index (κ2) is 6.13. The van der Waals surface area contributed by atoms with Crippen LogP contribution in [0, 0.1) is 0 Å². The van der Waals surface area contributed by atoms with Crippen LogP contribution < -0.4 is 21.3 Å². The third-order valence-corrected chi connectivity index (χ3v) is 2.33. The SMILES string of the molecule is CNC(=O)c1ccn(-c2nc(NN)nc(OC(C)C)n2)n1. The maximum atomic E-state index is 11.5. The number of nitrogens with zero attached hydrogens (tertiary/aromatic N) is 5. The Morgan fingerprint density at radius 1 is 1.38 bits per heavy atom. The Morgan fingerprint density at radius 2 is 2.14 bits per heavy atom. The standard InChI is InChI=1S/C11H16N8O2/c1-6(2)21-11-15-9(17-12)14-10(16-11)19-5-4-7(18-19)8(20)13-3/h4-6H,12H2,1-3H3,(H,13,20)(H,14,15,16,17). The molecule has 2 aromatic rings. The first-order valence-electron chi connectivity index (χ1n) is 6.21. The van der Waals surface area contributed by atoms with Gasteiger partial charge in [0.15, 0.2) is 5.69 Å². The van der Waals surface area contributed by atoms with Gasteiger partial charge >= 0.3 is 6.01 Å². The second-order valence-corrected chi connectivity index (χ2v) is 4.28. The number of ether oxygens (including phenoxy) is 1. The van der Waals surface area contributed by atoms with E-state index in [9.17, 15) is 4.79 Å². The van der Waals surface area contributed by atoms with Crippen LogP contribution in [-0.2, 0) is 0 Å². The van der Waals surface area contributed by atoms with Crippen molar-refractivity contribution in [3.8, 4) is 12.0 Å². The molecule has 0 spiro atoms. The molecule has 0 aliphatic carbocycles. The van der Waals surface area contributed by atoms with Gasteiger partial charge in [-0.2, -0.15) is 20.1 Å². The number of hydrazine groups is 1. The number of hydrogen-bond acceptors (Lipinski definition) is 8. The second-order valence-electron chi connectivity index (χ2n) is 4.28.